The summed E-state index contributed by atoms with van der Waals surface area (Å²) in [7, 11) is 0. The predicted octanol–water partition coefficient (Wildman–Crippen LogP) is 12.6. The Morgan fingerprint density at radius 2 is 0.978 bits per heavy atom. The van der Waals surface area contributed by atoms with Crippen molar-refractivity contribution < 1.29 is 0 Å². The topological polar surface area (TPSA) is 16.1 Å². The van der Waals surface area contributed by atoms with E-state index in [0.29, 0.717) is 0 Å². The maximum Gasteiger partial charge on any atom is 0.0640 e. The van der Waals surface area contributed by atoms with Crippen LogP contribution in [0.25, 0.3) is 64.0 Å². The standard InChI is InChI=1S/C43H28N2S/c1-3-8-33-26-35(14-12-29(33)6-1)31-16-20-37(21-17-31)45(41-11-5-10-40-39-24-25-44-28-42(39)46-43(40)41)38-22-18-32(19-23-38)36-15-13-30-7-2-4-9-34(30)27-36/h1-28H. The van der Waals surface area contributed by atoms with Crippen molar-refractivity contribution in [3.05, 3.63) is 170 Å². The van der Waals surface area contributed by atoms with E-state index in [9.17, 15) is 0 Å². The van der Waals surface area contributed by atoms with Crippen molar-refractivity contribution in [3.63, 3.8) is 0 Å². The second kappa shape index (κ2) is 11.0. The summed E-state index contributed by atoms with van der Waals surface area (Å²) in [5, 5.41) is 7.52. The number of rotatable bonds is 5. The van der Waals surface area contributed by atoms with Gasteiger partial charge in [0.1, 0.15) is 0 Å². The molecule has 2 aromatic heterocycles. The zero-order valence-electron chi connectivity index (χ0n) is 25.0. The zero-order valence-corrected chi connectivity index (χ0v) is 25.8. The number of hydrogen-bond acceptors (Lipinski definition) is 3. The van der Waals surface area contributed by atoms with E-state index in [1.54, 1.807) is 11.3 Å². The van der Waals surface area contributed by atoms with Gasteiger partial charge in [-0.25, -0.2) is 0 Å². The molecule has 2 nitrogen and oxygen atoms in total. The number of hydrogen-bond donors (Lipinski definition) is 0. The predicted molar refractivity (Wildman–Crippen MR) is 198 cm³/mol. The van der Waals surface area contributed by atoms with Crippen LogP contribution in [-0.2, 0) is 0 Å². The third-order valence-corrected chi connectivity index (χ3v) is 10.1. The highest BCUT2D eigenvalue weighted by Crippen LogP contribution is 2.45. The summed E-state index contributed by atoms with van der Waals surface area (Å²) in [4.78, 5) is 6.80. The molecule has 0 saturated carbocycles. The van der Waals surface area contributed by atoms with Gasteiger partial charge >= 0.3 is 0 Å². The summed E-state index contributed by atoms with van der Waals surface area (Å²) in [6.45, 7) is 0. The molecule has 46 heavy (non-hydrogen) atoms. The van der Waals surface area contributed by atoms with E-state index in [1.165, 1.54) is 64.0 Å². The summed E-state index contributed by atoms with van der Waals surface area (Å²) in [5.74, 6) is 0. The van der Waals surface area contributed by atoms with E-state index in [1.807, 2.05) is 12.4 Å². The number of benzene rings is 7. The average molecular weight is 605 g/mol. The zero-order chi connectivity index (χ0) is 30.5. The number of fused-ring (bicyclic) bond motifs is 5. The van der Waals surface area contributed by atoms with Crippen LogP contribution in [0, 0.1) is 0 Å². The second-order valence-corrected chi connectivity index (χ2v) is 12.7. The molecule has 0 atom stereocenters. The minimum absolute atomic E-state index is 1.12. The fourth-order valence-corrected chi connectivity index (χ4v) is 7.76. The van der Waals surface area contributed by atoms with E-state index in [0.717, 1.165) is 17.1 Å². The maximum atomic E-state index is 4.41. The highest BCUT2D eigenvalue weighted by atomic mass is 32.1. The molecule has 0 aliphatic rings. The third-order valence-electron chi connectivity index (χ3n) is 8.94. The SMILES string of the molecule is c1ccc2cc(-c3ccc(N(c4ccc(-c5ccc6ccccc6c5)cc4)c4cccc5c4sc4cnccc45)cc3)ccc2c1. The monoisotopic (exact) mass is 604 g/mol. The van der Waals surface area contributed by atoms with Crippen LogP contribution in [-0.4, -0.2) is 4.98 Å². The summed E-state index contributed by atoms with van der Waals surface area (Å²) >= 11 is 1.80. The largest absolute Gasteiger partial charge is 0.309 e. The highest BCUT2D eigenvalue weighted by molar-refractivity contribution is 7.26. The molecule has 0 aliphatic heterocycles. The van der Waals surface area contributed by atoms with Crippen LogP contribution in [0.3, 0.4) is 0 Å². The van der Waals surface area contributed by atoms with Crippen molar-refractivity contribution in [1.29, 1.82) is 0 Å². The molecule has 0 fully saturated rings. The fraction of sp³-hybridized carbons (Fsp3) is 0. The van der Waals surface area contributed by atoms with Gasteiger partial charge in [-0.05, 0) is 92.3 Å². The first-order valence-electron chi connectivity index (χ1n) is 15.5. The Kier molecular flexibility index (Phi) is 6.36. The normalized spacial score (nSPS) is 11.5. The molecule has 0 spiro atoms. The number of nitrogens with zero attached hydrogens (tertiary/aromatic N) is 2. The van der Waals surface area contributed by atoms with Gasteiger partial charge in [-0.15, -0.1) is 11.3 Å². The van der Waals surface area contributed by atoms with Crippen molar-refractivity contribution in [2.45, 2.75) is 0 Å². The van der Waals surface area contributed by atoms with Gasteiger partial charge in [0, 0.05) is 34.5 Å². The fourth-order valence-electron chi connectivity index (χ4n) is 6.58. The van der Waals surface area contributed by atoms with E-state index >= 15 is 0 Å². The van der Waals surface area contributed by atoms with Crippen LogP contribution in [0.15, 0.2) is 170 Å². The lowest BCUT2D eigenvalue weighted by molar-refractivity contribution is 1.30. The van der Waals surface area contributed by atoms with Crippen LogP contribution in [0.5, 0.6) is 0 Å². The van der Waals surface area contributed by atoms with Gasteiger partial charge in [-0.1, -0.05) is 109 Å². The van der Waals surface area contributed by atoms with Gasteiger partial charge in [0.05, 0.1) is 15.1 Å². The first kappa shape index (κ1) is 26.6. The van der Waals surface area contributed by atoms with Gasteiger partial charge in [-0.3, -0.25) is 4.98 Å². The summed E-state index contributed by atoms with van der Waals surface area (Å²) < 4.78 is 2.45. The lowest BCUT2D eigenvalue weighted by Gasteiger charge is -2.26. The lowest BCUT2D eigenvalue weighted by Crippen LogP contribution is -2.10. The Morgan fingerprint density at radius 1 is 0.435 bits per heavy atom. The van der Waals surface area contributed by atoms with Crippen LogP contribution in [0.2, 0.25) is 0 Å². The van der Waals surface area contributed by atoms with Gasteiger partial charge in [0.2, 0.25) is 0 Å². The molecule has 9 rings (SSSR count). The minimum Gasteiger partial charge on any atom is -0.309 e. The van der Waals surface area contributed by atoms with Crippen molar-refractivity contribution in [1.82, 2.24) is 4.98 Å². The Hall–Kier alpha value is -5.77. The van der Waals surface area contributed by atoms with E-state index in [4.69, 9.17) is 0 Å². The molecule has 0 bridgehead atoms. The molecule has 7 aromatic carbocycles. The van der Waals surface area contributed by atoms with Gasteiger partial charge in [0.25, 0.3) is 0 Å². The Morgan fingerprint density at radius 3 is 1.57 bits per heavy atom. The number of pyridine rings is 1. The summed E-state index contributed by atoms with van der Waals surface area (Å²) in [6, 6.07) is 57.2. The van der Waals surface area contributed by atoms with Crippen LogP contribution in [0.1, 0.15) is 0 Å². The first-order chi connectivity index (χ1) is 22.8. The first-order valence-corrected chi connectivity index (χ1v) is 16.3. The molecule has 2 heterocycles. The molecule has 0 N–H and O–H groups in total. The average Bonchev–Trinajstić information content (AvgIpc) is 3.51. The molecular formula is C43H28N2S. The second-order valence-electron chi connectivity index (χ2n) is 11.7. The summed E-state index contributed by atoms with van der Waals surface area (Å²) in [5.41, 5.74) is 8.23. The van der Waals surface area contributed by atoms with Crippen LogP contribution >= 0.6 is 11.3 Å². The van der Waals surface area contributed by atoms with Crippen molar-refractivity contribution >= 4 is 70.1 Å². The van der Waals surface area contributed by atoms with Gasteiger partial charge < -0.3 is 4.90 Å². The Balaban J connectivity index is 1.16. The Labute approximate surface area is 271 Å². The van der Waals surface area contributed by atoms with Crippen molar-refractivity contribution in [2.75, 3.05) is 4.90 Å². The lowest BCUT2D eigenvalue weighted by atomic mass is 10.00. The molecule has 9 aromatic rings. The van der Waals surface area contributed by atoms with Gasteiger partial charge in [0.15, 0.2) is 0 Å². The molecule has 0 amide bonds. The maximum absolute atomic E-state index is 4.41. The highest BCUT2D eigenvalue weighted by Gasteiger charge is 2.18. The number of aromatic nitrogens is 1. The van der Waals surface area contributed by atoms with Crippen molar-refractivity contribution in [3.8, 4) is 22.3 Å². The quantitative estimate of drug-likeness (QED) is 0.194. The summed E-state index contributed by atoms with van der Waals surface area (Å²) in [6.07, 6.45) is 3.86. The van der Waals surface area contributed by atoms with Crippen LogP contribution < -0.4 is 4.90 Å². The smallest absolute Gasteiger partial charge is 0.0640 e. The molecule has 0 radical (unpaired) electrons. The third kappa shape index (κ3) is 4.61. The molecule has 0 unspecified atom stereocenters. The molecule has 0 aliphatic carbocycles. The molecular weight excluding hydrogens is 577 g/mol. The molecule has 0 saturated heterocycles. The van der Waals surface area contributed by atoms with E-state index in [2.05, 4.69) is 168 Å². The van der Waals surface area contributed by atoms with Gasteiger partial charge in [-0.2, -0.15) is 0 Å². The van der Waals surface area contributed by atoms with Crippen molar-refractivity contribution in [2.24, 2.45) is 0 Å². The molecule has 3 heteroatoms. The van der Waals surface area contributed by atoms with Crippen LogP contribution in [0.4, 0.5) is 17.1 Å². The Bertz CT molecular complexity index is 2410. The molecule has 216 valence electrons. The van der Waals surface area contributed by atoms with E-state index < -0.39 is 0 Å². The minimum atomic E-state index is 1.12. The number of thiophene rings is 1. The van der Waals surface area contributed by atoms with E-state index in [-0.39, 0.29) is 0 Å². The number of anilines is 3.